The molecule has 1 aromatic heterocycles. The second kappa shape index (κ2) is 8.22. The molecule has 2 heterocycles. The van der Waals surface area contributed by atoms with Gasteiger partial charge in [-0.3, -0.25) is 9.69 Å². The number of nitrogens with zero attached hydrogens (tertiary/aromatic N) is 4. The first kappa shape index (κ1) is 17.6. The molecule has 1 aliphatic rings. The van der Waals surface area contributed by atoms with E-state index in [4.69, 9.17) is 5.11 Å². The van der Waals surface area contributed by atoms with E-state index in [0.717, 1.165) is 32.5 Å². The minimum Gasteiger partial charge on any atom is -0.395 e. The zero-order valence-corrected chi connectivity index (χ0v) is 14.6. The van der Waals surface area contributed by atoms with Gasteiger partial charge in [-0.2, -0.15) is 0 Å². The lowest BCUT2D eigenvalue weighted by Crippen LogP contribution is -2.36. The highest BCUT2D eigenvalue weighted by Crippen LogP contribution is 2.22. The van der Waals surface area contributed by atoms with E-state index >= 15 is 0 Å². The Morgan fingerprint density at radius 1 is 1.36 bits per heavy atom. The first-order chi connectivity index (χ1) is 12.2. The standard InChI is InChI=1S/C18H25N5O2/c1-14-4-6-15(7-5-14)11-22-9-2-3-16(12-22)23-13-17(20-21-23)18(25)19-8-10-24/h4-7,13,16,24H,2-3,8-12H2,1H3,(H,19,25). The van der Waals surface area contributed by atoms with Crippen LogP contribution in [0.4, 0.5) is 0 Å². The van der Waals surface area contributed by atoms with Gasteiger partial charge in [0, 0.05) is 19.6 Å². The van der Waals surface area contributed by atoms with E-state index in [1.54, 1.807) is 10.9 Å². The smallest absolute Gasteiger partial charge is 0.273 e. The molecule has 0 bridgehead atoms. The van der Waals surface area contributed by atoms with E-state index in [1.807, 2.05) is 0 Å². The number of hydrogen-bond donors (Lipinski definition) is 2. The lowest BCUT2D eigenvalue weighted by molar-refractivity contribution is 0.0939. The molecule has 25 heavy (non-hydrogen) atoms. The first-order valence-electron chi connectivity index (χ1n) is 8.74. The van der Waals surface area contributed by atoms with E-state index in [2.05, 4.69) is 51.7 Å². The summed E-state index contributed by atoms with van der Waals surface area (Å²) in [4.78, 5) is 14.3. The van der Waals surface area contributed by atoms with Crippen molar-refractivity contribution in [1.82, 2.24) is 25.2 Å². The monoisotopic (exact) mass is 343 g/mol. The number of aryl methyl sites for hydroxylation is 1. The van der Waals surface area contributed by atoms with Crippen molar-refractivity contribution in [3.05, 3.63) is 47.3 Å². The highest BCUT2D eigenvalue weighted by atomic mass is 16.3. The van der Waals surface area contributed by atoms with Gasteiger partial charge in [0.05, 0.1) is 18.8 Å². The van der Waals surface area contributed by atoms with Crippen molar-refractivity contribution < 1.29 is 9.90 Å². The zero-order valence-electron chi connectivity index (χ0n) is 14.6. The van der Waals surface area contributed by atoms with Gasteiger partial charge in [-0.1, -0.05) is 35.0 Å². The van der Waals surface area contributed by atoms with Crippen LogP contribution in [0.3, 0.4) is 0 Å². The number of piperidine rings is 1. The molecule has 1 atom stereocenters. The van der Waals surface area contributed by atoms with Gasteiger partial charge in [-0.05, 0) is 31.9 Å². The van der Waals surface area contributed by atoms with E-state index in [-0.39, 0.29) is 25.1 Å². The van der Waals surface area contributed by atoms with Crippen LogP contribution < -0.4 is 5.32 Å². The predicted molar refractivity (Wildman–Crippen MR) is 94.2 cm³/mol. The summed E-state index contributed by atoms with van der Waals surface area (Å²) in [7, 11) is 0. The van der Waals surface area contributed by atoms with Crippen LogP contribution in [0.1, 0.15) is 40.5 Å². The number of carbonyl (C=O) groups is 1. The van der Waals surface area contributed by atoms with Crippen LogP contribution in [-0.4, -0.2) is 57.1 Å². The number of aliphatic hydroxyl groups is 1. The maximum atomic E-state index is 11.9. The van der Waals surface area contributed by atoms with Crippen LogP contribution in [0.15, 0.2) is 30.5 Å². The molecule has 0 spiro atoms. The number of hydrogen-bond acceptors (Lipinski definition) is 5. The molecule has 1 unspecified atom stereocenters. The van der Waals surface area contributed by atoms with Crippen molar-refractivity contribution in [2.75, 3.05) is 26.2 Å². The van der Waals surface area contributed by atoms with Gasteiger partial charge in [0.2, 0.25) is 0 Å². The van der Waals surface area contributed by atoms with Gasteiger partial charge in [-0.15, -0.1) is 5.10 Å². The summed E-state index contributed by atoms with van der Waals surface area (Å²) in [6.45, 7) is 5.13. The first-order valence-corrected chi connectivity index (χ1v) is 8.74. The summed E-state index contributed by atoms with van der Waals surface area (Å²) in [6, 6.07) is 8.87. The van der Waals surface area contributed by atoms with Crippen molar-refractivity contribution in [1.29, 1.82) is 0 Å². The summed E-state index contributed by atoms with van der Waals surface area (Å²) >= 11 is 0. The maximum absolute atomic E-state index is 11.9. The topological polar surface area (TPSA) is 83.3 Å². The molecule has 0 radical (unpaired) electrons. The van der Waals surface area contributed by atoms with Crippen molar-refractivity contribution in [3.8, 4) is 0 Å². The van der Waals surface area contributed by atoms with Crippen LogP contribution in [0.5, 0.6) is 0 Å². The Morgan fingerprint density at radius 3 is 2.92 bits per heavy atom. The maximum Gasteiger partial charge on any atom is 0.273 e. The van der Waals surface area contributed by atoms with Crippen molar-refractivity contribution >= 4 is 5.91 Å². The average Bonchev–Trinajstić information content (AvgIpc) is 3.12. The number of aliphatic hydroxyl groups excluding tert-OH is 1. The number of aromatic nitrogens is 3. The normalized spacial score (nSPS) is 18.2. The summed E-state index contributed by atoms with van der Waals surface area (Å²) in [5.74, 6) is -0.298. The summed E-state index contributed by atoms with van der Waals surface area (Å²) in [5.41, 5.74) is 2.88. The van der Waals surface area contributed by atoms with Gasteiger partial charge < -0.3 is 10.4 Å². The summed E-state index contributed by atoms with van der Waals surface area (Å²) < 4.78 is 1.80. The van der Waals surface area contributed by atoms with Crippen LogP contribution in [0.2, 0.25) is 0 Å². The molecule has 1 fully saturated rings. The van der Waals surface area contributed by atoms with Gasteiger partial charge in [-0.25, -0.2) is 4.68 Å². The van der Waals surface area contributed by atoms with Crippen molar-refractivity contribution in [2.24, 2.45) is 0 Å². The Bertz CT molecular complexity index is 698. The van der Waals surface area contributed by atoms with Gasteiger partial charge in [0.1, 0.15) is 0 Å². The number of rotatable bonds is 6. The SMILES string of the molecule is Cc1ccc(CN2CCCC(n3cc(C(=O)NCCO)nn3)C2)cc1. The fourth-order valence-corrected chi connectivity index (χ4v) is 3.16. The Balaban J connectivity index is 1.60. The minimum absolute atomic E-state index is 0.0868. The third-order valence-corrected chi connectivity index (χ3v) is 4.52. The summed E-state index contributed by atoms with van der Waals surface area (Å²) in [6.07, 6.45) is 3.83. The molecule has 2 N–H and O–H groups in total. The fraction of sp³-hybridized carbons (Fsp3) is 0.500. The molecule has 3 rings (SSSR count). The van der Waals surface area contributed by atoms with Crippen molar-refractivity contribution in [3.63, 3.8) is 0 Å². The Kier molecular flexibility index (Phi) is 5.78. The minimum atomic E-state index is -0.298. The number of benzene rings is 1. The van der Waals surface area contributed by atoms with Crippen LogP contribution in [0, 0.1) is 6.92 Å². The molecular weight excluding hydrogens is 318 g/mol. The molecule has 1 aromatic carbocycles. The molecule has 7 nitrogen and oxygen atoms in total. The number of nitrogens with one attached hydrogen (secondary N) is 1. The predicted octanol–water partition coefficient (Wildman–Crippen LogP) is 1.15. The fourth-order valence-electron chi connectivity index (χ4n) is 3.16. The zero-order chi connectivity index (χ0) is 17.6. The van der Waals surface area contributed by atoms with Crippen LogP contribution in [0.25, 0.3) is 0 Å². The number of amides is 1. The van der Waals surface area contributed by atoms with Crippen LogP contribution >= 0.6 is 0 Å². The number of likely N-dealkylation sites (tertiary alicyclic amines) is 1. The molecule has 134 valence electrons. The lowest BCUT2D eigenvalue weighted by Gasteiger charge is -2.32. The Morgan fingerprint density at radius 2 is 2.16 bits per heavy atom. The molecule has 1 amide bonds. The quantitative estimate of drug-likeness (QED) is 0.822. The van der Waals surface area contributed by atoms with Crippen molar-refractivity contribution in [2.45, 2.75) is 32.4 Å². The third kappa shape index (κ3) is 4.64. The van der Waals surface area contributed by atoms with Gasteiger partial charge in [0.25, 0.3) is 5.91 Å². The molecule has 1 aliphatic heterocycles. The molecule has 0 aliphatic carbocycles. The largest absolute Gasteiger partial charge is 0.395 e. The van der Waals surface area contributed by atoms with E-state index < -0.39 is 0 Å². The highest BCUT2D eigenvalue weighted by molar-refractivity contribution is 5.91. The molecule has 7 heteroatoms. The van der Waals surface area contributed by atoms with E-state index in [1.165, 1.54) is 11.1 Å². The van der Waals surface area contributed by atoms with Gasteiger partial charge in [0.15, 0.2) is 5.69 Å². The van der Waals surface area contributed by atoms with E-state index in [9.17, 15) is 4.79 Å². The second-order valence-electron chi connectivity index (χ2n) is 6.58. The molecule has 0 saturated carbocycles. The van der Waals surface area contributed by atoms with E-state index in [0.29, 0.717) is 5.69 Å². The molecule has 1 saturated heterocycles. The molecular formula is C18H25N5O2. The number of carbonyl (C=O) groups excluding carboxylic acids is 1. The lowest BCUT2D eigenvalue weighted by atomic mass is 10.0. The Labute approximate surface area is 147 Å². The molecule has 2 aromatic rings. The second-order valence-corrected chi connectivity index (χ2v) is 6.58. The third-order valence-electron chi connectivity index (χ3n) is 4.52. The van der Waals surface area contributed by atoms with Gasteiger partial charge >= 0.3 is 0 Å². The average molecular weight is 343 g/mol. The Hall–Kier alpha value is -2.25. The summed E-state index contributed by atoms with van der Waals surface area (Å²) in [5, 5.41) is 19.5. The van der Waals surface area contributed by atoms with Crippen LogP contribution in [-0.2, 0) is 6.54 Å². The highest BCUT2D eigenvalue weighted by Gasteiger charge is 2.23.